The molecule has 0 bridgehead atoms. The van der Waals surface area contributed by atoms with Crippen LogP contribution in [-0.2, 0) is 6.42 Å². The highest BCUT2D eigenvalue weighted by Gasteiger charge is 2.04. The lowest BCUT2D eigenvalue weighted by atomic mass is 10.1. The van der Waals surface area contributed by atoms with Gasteiger partial charge in [0.25, 0.3) is 0 Å². The predicted octanol–water partition coefficient (Wildman–Crippen LogP) is 3.36. The highest BCUT2D eigenvalue weighted by molar-refractivity contribution is 5.85. The fraction of sp³-hybridized carbons (Fsp3) is 0.0625. The van der Waals surface area contributed by atoms with Crippen molar-refractivity contribution in [2.75, 3.05) is 0 Å². The molecule has 104 valence electrons. The monoisotopic (exact) mass is 296 g/mol. The summed E-state index contributed by atoms with van der Waals surface area (Å²) in [5.74, 6) is 0.878. The van der Waals surface area contributed by atoms with E-state index >= 15 is 0 Å². The van der Waals surface area contributed by atoms with Gasteiger partial charge in [-0.3, -0.25) is 4.98 Å². The topological polar surface area (TPSA) is 65.4 Å². The van der Waals surface area contributed by atoms with Crippen LogP contribution in [0.5, 0.6) is 0 Å². The van der Waals surface area contributed by atoms with Crippen molar-refractivity contribution >= 4 is 12.4 Å². The van der Waals surface area contributed by atoms with E-state index < -0.39 is 0 Å². The molecule has 0 aliphatic carbocycles. The third kappa shape index (κ3) is 3.47. The fourth-order valence-corrected chi connectivity index (χ4v) is 2.00. The number of rotatable bonds is 3. The highest BCUT2D eigenvalue weighted by atomic mass is 35.5. The van der Waals surface area contributed by atoms with E-state index in [1.165, 1.54) is 0 Å². The molecule has 0 spiro atoms. The summed E-state index contributed by atoms with van der Waals surface area (Å²) in [6, 6.07) is 15.4. The van der Waals surface area contributed by atoms with Gasteiger partial charge in [-0.05, 0) is 29.8 Å². The minimum absolute atomic E-state index is 0. The molecule has 3 rings (SSSR count). The molecule has 0 saturated carbocycles. The smallest absolute Gasteiger partial charge is 0.112 e. The molecule has 0 saturated heterocycles. The van der Waals surface area contributed by atoms with Crippen molar-refractivity contribution in [2.24, 2.45) is 0 Å². The van der Waals surface area contributed by atoms with Gasteiger partial charge in [0.15, 0.2) is 0 Å². The zero-order valence-corrected chi connectivity index (χ0v) is 12.0. The summed E-state index contributed by atoms with van der Waals surface area (Å²) in [4.78, 5) is 11.9. The van der Waals surface area contributed by atoms with Gasteiger partial charge in [-0.25, -0.2) is 4.98 Å². The van der Waals surface area contributed by atoms with Gasteiger partial charge >= 0.3 is 0 Å². The molecule has 1 aromatic carbocycles. The third-order valence-corrected chi connectivity index (χ3v) is 3.03. The van der Waals surface area contributed by atoms with E-state index in [1.807, 2.05) is 30.3 Å². The molecule has 0 amide bonds. The molecule has 0 fully saturated rings. The quantitative estimate of drug-likeness (QED) is 0.806. The van der Waals surface area contributed by atoms with E-state index in [-0.39, 0.29) is 12.4 Å². The van der Waals surface area contributed by atoms with Crippen molar-refractivity contribution in [2.45, 2.75) is 6.42 Å². The van der Waals surface area contributed by atoms with Crippen LogP contribution < -0.4 is 0 Å². The summed E-state index contributed by atoms with van der Waals surface area (Å²) in [6.45, 7) is 0. The lowest BCUT2D eigenvalue weighted by Crippen LogP contribution is -1.93. The Kier molecular flexibility index (Phi) is 4.70. The van der Waals surface area contributed by atoms with Gasteiger partial charge in [0, 0.05) is 18.3 Å². The number of aromatic amines is 1. The van der Waals surface area contributed by atoms with Crippen molar-refractivity contribution in [1.82, 2.24) is 15.0 Å². The number of aromatic nitrogens is 3. The number of nitriles is 1. The molecule has 5 heteroatoms. The molecule has 4 nitrogen and oxygen atoms in total. The standard InChI is InChI=1S/C16H12N4.ClH/c17-10-12-4-6-13(7-5-12)15-11-19-16(20-15)9-14-3-1-2-8-18-14;/h1-8,11H,9H2,(H,19,20);1H. The first-order valence-electron chi connectivity index (χ1n) is 6.29. The van der Waals surface area contributed by atoms with Gasteiger partial charge in [-0.1, -0.05) is 18.2 Å². The molecule has 1 N–H and O–H groups in total. The van der Waals surface area contributed by atoms with E-state index in [2.05, 4.69) is 21.0 Å². The zero-order valence-electron chi connectivity index (χ0n) is 11.2. The van der Waals surface area contributed by atoms with E-state index in [9.17, 15) is 0 Å². The average Bonchev–Trinajstić information content (AvgIpc) is 2.97. The summed E-state index contributed by atoms with van der Waals surface area (Å²) in [7, 11) is 0. The maximum absolute atomic E-state index is 8.79. The summed E-state index contributed by atoms with van der Waals surface area (Å²) in [6.07, 6.45) is 4.26. The normalized spacial score (nSPS) is 9.67. The molecule has 0 aliphatic heterocycles. The van der Waals surface area contributed by atoms with Crippen LogP contribution in [0.3, 0.4) is 0 Å². The van der Waals surface area contributed by atoms with Gasteiger partial charge in [0.1, 0.15) is 5.82 Å². The first kappa shape index (κ1) is 14.8. The number of H-pyrrole nitrogens is 1. The molecule has 0 unspecified atom stereocenters. The van der Waals surface area contributed by atoms with Gasteiger partial charge < -0.3 is 4.98 Å². The Morgan fingerprint density at radius 3 is 2.52 bits per heavy atom. The Bertz CT molecular complexity index is 742. The minimum atomic E-state index is 0. The van der Waals surface area contributed by atoms with Crippen molar-refractivity contribution < 1.29 is 0 Å². The largest absolute Gasteiger partial charge is 0.342 e. The molecule has 0 radical (unpaired) electrons. The third-order valence-electron chi connectivity index (χ3n) is 3.03. The maximum atomic E-state index is 8.79. The molecular formula is C16H13ClN4. The van der Waals surface area contributed by atoms with Crippen LogP contribution in [0, 0.1) is 11.3 Å². The second-order valence-corrected chi connectivity index (χ2v) is 4.43. The van der Waals surface area contributed by atoms with Crippen molar-refractivity contribution in [3.63, 3.8) is 0 Å². The van der Waals surface area contributed by atoms with Gasteiger partial charge in [0.2, 0.25) is 0 Å². The van der Waals surface area contributed by atoms with E-state index in [4.69, 9.17) is 5.26 Å². The minimum Gasteiger partial charge on any atom is -0.342 e. The van der Waals surface area contributed by atoms with Gasteiger partial charge in [-0.2, -0.15) is 5.26 Å². The molecule has 0 atom stereocenters. The Balaban J connectivity index is 0.00000161. The van der Waals surface area contributed by atoms with Crippen LogP contribution in [0.15, 0.2) is 54.9 Å². The number of imidazole rings is 1. The maximum Gasteiger partial charge on any atom is 0.112 e. The summed E-state index contributed by atoms with van der Waals surface area (Å²) >= 11 is 0. The summed E-state index contributed by atoms with van der Waals surface area (Å²) < 4.78 is 0. The first-order valence-corrected chi connectivity index (χ1v) is 6.29. The predicted molar refractivity (Wildman–Crippen MR) is 83.0 cm³/mol. The lowest BCUT2D eigenvalue weighted by molar-refractivity contribution is 0.977. The van der Waals surface area contributed by atoms with Crippen LogP contribution in [-0.4, -0.2) is 15.0 Å². The first-order chi connectivity index (χ1) is 9.85. The van der Waals surface area contributed by atoms with Crippen LogP contribution in [0.25, 0.3) is 11.3 Å². The fourth-order valence-electron chi connectivity index (χ4n) is 2.00. The Hall–Kier alpha value is -2.64. The number of nitrogens with zero attached hydrogens (tertiary/aromatic N) is 3. The number of pyridine rings is 1. The van der Waals surface area contributed by atoms with E-state index in [0.717, 1.165) is 22.8 Å². The second-order valence-electron chi connectivity index (χ2n) is 4.43. The molecule has 21 heavy (non-hydrogen) atoms. The highest BCUT2D eigenvalue weighted by Crippen LogP contribution is 2.18. The molecule has 2 heterocycles. The SMILES string of the molecule is Cl.N#Cc1ccc(-c2cnc(Cc3ccccn3)[nH]2)cc1. The zero-order chi connectivity index (χ0) is 13.8. The Labute approximate surface area is 128 Å². The number of hydrogen-bond acceptors (Lipinski definition) is 3. The van der Waals surface area contributed by atoms with Crippen LogP contribution in [0.1, 0.15) is 17.1 Å². The summed E-state index contributed by atoms with van der Waals surface area (Å²) in [5, 5.41) is 8.79. The second kappa shape index (κ2) is 6.69. The molecule has 2 aromatic heterocycles. The van der Waals surface area contributed by atoms with Crippen molar-refractivity contribution in [3.8, 4) is 17.3 Å². The molecular weight excluding hydrogens is 284 g/mol. The molecule has 0 aliphatic rings. The number of halogens is 1. The van der Waals surface area contributed by atoms with Gasteiger partial charge in [-0.15, -0.1) is 12.4 Å². The van der Waals surface area contributed by atoms with Crippen LogP contribution in [0.2, 0.25) is 0 Å². The summed E-state index contributed by atoms with van der Waals surface area (Å²) in [5.41, 5.74) is 3.60. The van der Waals surface area contributed by atoms with Crippen molar-refractivity contribution in [1.29, 1.82) is 5.26 Å². The van der Waals surface area contributed by atoms with Gasteiger partial charge in [0.05, 0.1) is 23.5 Å². The average molecular weight is 297 g/mol. The lowest BCUT2D eigenvalue weighted by Gasteiger charge is -1.98. The number of nitrogens with one attached hydrogen (secondary N) is 1. The van der Waals surface area contributed by atoms with E-state index in [0.29, 0.717) is 12.0 Å². The van der Waals surface area contributed by atoms with E-state index in [1.54, 1.807) is 24.5 Å². The number of hydrogen-bond donors (Lipinski definition) is 1. The molecule has 3 aromatic rings. The van der Waals surface area contributed by atoms with Crippen LogP contribution in [0.4, 0.5) is 0 Å². The van der Waals surface area contributed by atoms with Crippen molar-refractivity contribution in [3.05, 3.63) is 71.9 Å². The Morgan fingerprint density at radius 1 is 1.05 bits per heavy atom. The Morgan fingerprint density at radius 2 is 1.86 bits per heavy atom. The van der Waals surface area contributed by atoms with Crippen LogP contribution >= 0.6 is 12.4 Å². The number of benzene rings is 1.